The van der Waals surface area contributed by atoms with E-state index in [-0.39, 0.29) is 12.5 Å². The molecule has 0 saturated heterocycles. The molecule has 1 N–H and O–H groups in total. The van der Waals surface area contributed by atoms with Crippen molar-refractivity contribution >= 4 is 49.9 Å². The van der Waals surface area contributed by atoms with Crippen LogP contribution in [0.2, 0.25) is 0 Å². The van der Waals surface area contributed by atoms with Gasteiger partial charge in [0, 0.05) is 16.6 Å². The minimum absolute atomic E-state index is 0.369. The second kappa shape index (κ2) is 8.84. The van der Waals surface area contributed by atoms with Gasteiger partial charge in [0.05, 0.1) is 15.8 Å². The van der Waals surface area contributed by atoms with E-state index in [4.69, 9.17) is 9.72 Å². The fraction of sp³-hybridized carbons (Fsp3) is 0.0741. The van der Waals surface area contributed by atoms with Gasteiger partial charge in [0.2, 0.25) is 0 Å². The maximum absolute atomic E-state index is 13.0. The molecule has 5 nitrogen and oxygen atoms in total. The molecule has 4 aromatic carbocycles. The van der Waals surface area contributed by atoms with Crippen molar-refractivity contribution in [1.82, 2.24) is 4.98 Å². The SMILES string of the molecule is Cc1cccc(NC(=O)COC(=O)c2cccc3cccc(-c4nc5ccccc5s4)c23)c1. The Labute approximate surface area is 194 Å². The Hall–Kier alpha value is -4.03. The molecule has 162 valence electrons. The van der Waals surface area contributed by atoms with E-state index in [1.165, 1.54) is 0 Å². The number of hydrogen-bond acceptors (Lipinski definition) is 5. The number of rotatable bonds is 5. The fourth-order valence-corrected chi connectivity index (χ4v) is 4.80. The Bertz CT molecular complexity index is 1470. The zero-order chi connectivity index (χ0) is 22.8. The molecule has 6 heteroatoms. The molecule has 1 amide bonds. The summed E-state index contributed by atoms with van der Waals surface area (Å²) in [5.41, 5.74) is 3.89. The summed E-state index contributed by atoms with van der Waals surface area (Å²) < 4.78 is 6.46. The highest BCUT2D eigenvalue weighted by Gasteiger charge is 2.18. The van der Waals surface area contributed by atoms with Crippen molar-refractivity contribution in [3.05, 3.63) is 96.1 Å². The van der Waals surface area contributed by atoms with Crippen LogP contribution in [-0.4, -0.2) is 23.5 Å². The average molecular weight is 453 g/mol. The molecule has 0 aliphatic heterocycles. The van der Waals surface area contributed by atoms with Gasteiger partial charge in [0.25, 0.3) is 5.91 Å². The second-order valence-corrected chi connectivity index (χ2v) is 8.72. The molecule has 0 unspecified atom stereocenters. The zero-order valence-electron chi connectivity index (χ0n) is 17.9. The fourth-order valence-electron chi connectivity index (χ4n) is 3.81. The highest BCUT2D eigenvalue weighted by molar-refractivity contribution is 7.21. The van der Waals surface area contributed by atoms with Gasteiger partial charge in [-0.05, 0) is 48.2 Å². The lowest BCUT2D eigenvalue weighted by atomic mass is 9.99. The van der Waals surface area contributed by atoms with Crippen LogP contribution in [0, 0.1) is 6.92 Å². The predicted molar refractivity (Wildman–Crippen MR) is 133 cm³/mol. The van der Waals surface area contributed by atoms with Crippen LogP contribution in [-0.2, 0) is 9.53 Å². The van der Waals surface area contributed by atoms with Crippen LogP contribution >= 0.6 is 11.3 Å². The van der Waals surface area contributed by atoms with Gasteiger partial charge in [-0.25, -0.2) is 9.78 Å². The molecule has 5 rings (SSSR count). The third-order valence-corrected chi connectivity index (χ3v) is 6.35. The summed E-state index contributed by atoms with van der Waals surface area (Å²) in [4.78, 5) is 30.1. The van der Waals surface area contributed by atoms with Crippen molar-refractivity contribution in [2.45, 2.75) is 6.92 Å². The summed E-state index contributed by atoms with van der Waals surface area (Å²) in [6.45, 7) is 1.58. The molecular weight excluding hydrogens is 432 g/mol. The van der Waals surface area contributed by atoms with Crippen LogP contribution < -0.4 is 5.32 Å². The number of anilines is 1. The summed E-state index contributed by atoms with van der Waals surface area (Å²) in [6.07, 6.45) is 0. The molecular formula is C27H20N2O3S. The molecule has 33 heavy (non-hydrogen) atoms. The lowest BCUT2D eigenvalue weighted by Crippen LogP contribution is -2.21. The van der Waals surface area contributed by atoms with Crippen molar-refractivity contribution in [3.8, 4) is 10.6 Å². The normalized spacial score (nSPS) is 10.9. The van der Waals surface area contributed by atoms with Crippen LogP contribution in [0.3, 0.4) is 0 Å². The summed E-state index contributed by atoms with van der Waals surface area (Å²) in [6, 6.07) is 26.7. The number of nitrogens with one attached hydrogen (secondary N) is 1. The quantitative estimate of drug-likeness (QED) is 0.322. The number of ether oxygens (including phenoxy) is 1. The number of benzene rings is 4. The van der Waals surface area contributed by atoms with E-state index in [0.717, 1.165) is 37.1 Å². The minimum atomic E-state index is -0.548. The van der Waals surface area contributed by atoms with Crippen LogP contribution in [0.5, 0.6) is 0 Å². The van der Waals surface area contributed by atoms with Crippen LogP contribution in [0.4, 0.5) is 5.69 Å². The number of aromatic nitrogens is 1. The van der Waals surface area contributed by atoms with E-state index < -0.39 is 5.97 Å². The van der Waals surface area contributed by atoms with Crippen LogP contribution in [0.1, 0.15) is 15.9 Å². The number of carbonyl (C=O) groups excluding carboxylic acids is 2. The Morgan fingerprint density at radius 1 is 0.939 bits per heavy atom. The monoisotopic (exact) mass is 452 g/mol. The molecule has 0 aliphatic rings. The lowest BCUT2D eigenvalue weighted by molar-refractivity contribution is -0.119. The standard InChI is InChI=1S/C27H20N2O3S/c1-17-7-4-10-19(15-17)28-24(30)16-32-27(31)21-12-6-9-18-8-5-11-20(25(18)21)26-29-22-13-2-3-14-23(22)33-26/h2-15H,16H2,1H3,(H,28,30). The van der Waals surface area contributed by atoms with Gasteiger partial charge in [0.15, 0.2) is 6.61 Å². The van der Waals surface area contributed by atoms with Gasteiger partial charge in [-0.2, -0.15) is 0 Å². The van der Waals surface area contributed by atoms with Gasteiger partial charge in [-0.15, -0.1) is 11.3 Å². The molecule has 0 radical (unpaired) electrons. The largest absolute Gasteiger partial charge is 0.452 e. The Morgan fingerprint density at radius 2 is 1.73 bits per heavy atom. The maximum Gasteiger partial charge on any atom is 0.339 e. The highest BCUT2D eigenvalue weighted by atomic mass is 32.1. The molecule has 0 bridgehead atoms. The third-order valence-electron chi connectivity index (χ3n) is 5.29. The van der Waals surface area contributed by atoms with E-state index in [0.29, 0.717) is 11.3 Å². The Morgan fingerprint density at radius 3 is 2.55 bits per heavy atom. The Kier molecular flexibility index (Phi) is 5.59. The molecule has 0 atom stereocenters. The first-order valence-corrected chi connectivity index (χ1v) is 11.3. The van der Waals surface area contributed by atoms with E-state index in [2.05, 4.69) is 5.32 Å². The Balaban J connectivity index is 1.43. The van der Waals surface area contributed by atoms with E-state index in [1.54, 1.807) is 23.5 Å². The maximum atomic E-state index is 13.0. The first kappa shape index (κ1) is 20.8. The number of fused-ring (bicyclic) bond motifs is 2. The van der Waals surface area contributed by atoms with E-state index in [9.17, 15) is 9.59 Å². The van der Waals surface area contributed by atoms with Gasteiger partial charge >= 0.3 is 5.97 Å². The van der Waals surface area contributed by atoms with E-state index >= 15 is 0 Å². The predicted octanol–water partition coefficient (Wildman–Crippen LogP) is 6.22. The molecule has 0 spiro atoms. The zero-order valence-corrected chi connectivity index (χ0v) is 18.7. The first-order chi connectivity index (χ1) is 16.1. The summed E-state index contributed by atoms with van der Waals surface area (Å²) in [5, 5.41) is 5.26. The number of amides is 1. The van der Waals surface area contributed by atoms with Crippen molar-refractivity contribution < 1.29 is 14.3 Å². The lowest BCUT2D eigenvalue weighted by Gasteiger charge is -2.11. The molecule has 0 fully saturated rings. The first-order valence-electron chi connectivity index (χ1n) is 10.5. The molecule has 5 aromatic rings. The smallest absolute Gasteiger partial charge is 0.339 e. The van der Waals surface area contributed by atoms with Gasteiger partial charge in [-0.3, -0.25) is 4.79 Å². The van der Waals surface area contributed by atoms with Crippen molar-refractivity contribution in [3.63, 3.8) is 0 Å². The van der Waals surface area contributed by atoms with Crippen LogP contribution in [0.25, 0.3) is 31.6 Å². The molecule has 1 aromatic heterocycles. The number of esters is 1. The number of hydrogen-bond donors (Lipinski definition) is 1. The highest BCUT2D eigenvalue weighted by Crippen LogP contribution is 2.36. The number of aryl methyl sites for hydroxylation is 1. The van der Waals surface area contributed by atoms with Gasteiger partial charge in [0.1, 0.15) is 5.01 Å². The van der Waals surface area contributed by atoms with Crippen LogP contribution in [0.15, 0.2) is 84.9 Å². The molecule has 0 aliphatic carbocycles. The summed E-state index contributed by atoms with van der Waals surface area (Å²) in [5.74, 6) is -0.936. The third kappa shape index (κ3) is 4.33. The molecule has 1 heterocycles. The van der Waals surface area contributed by atoms with Crippen molar-refractivity contribution in [2.75, 3.05) is 11.9 Å². The minimum Gasteiger partial charge on any atom is -0.452 e. The number of para-hydroxylation sites is 1. The summed E-state index contributed by atoms with van der Waals surface area (Å²) in [7, 11) is 0. The second-order valence-electron chi connectivity index (χ2n) is 7.69. The molecule has 0 saturated carbocycles. The number of thiazole rings is 1. The van der Waals surface area contributed by atoms with Gasteiger partial charge < -0.3 is 10.1 Å². The number of carbonyl (C=O) groups is 2. The number of nitrogens with zero attached hydrogens (tertiary/aromatic N) is 1. The van der Waals surface area contributed by atoms with Crippen molar-refractivity contribution in [2.24, 2.45) is 0 Å². The van der Waals surface area contributed by atoms with Crippen molar-refractivity contribution in [1.29, 1.82) is 0 Å². The summed E-state index contributed by atoms with van der Waals surface area (Å²) >= 11 is 1.58. The average Bonchev–Trinajstić information content (AvgIpc) is 3.26. The topological polar surface area (TPSA) is 68.3 Å². The van der Waals surface area contributed by atoms with E-state index in [1.807, 2.05) is 79.7 Å². The van der Waals surface area contributed by atoms with Gasteiger partial charge in [-0.1, -0.05) is 54.6 Å².